The molecule has 136 valence electrons. The minimum Gasteiger partial charge on any atom is -0.339 e. The molecule has 0 atom stereocenters. The lowest BCUT2D eigenvalue weighted by atomic mass is 9.93. The van der Waals surface area contributed by atoms with Gasteiger partial charge in [0.15, 0.2) is 0 Å². The monoisotopic (exact) mass is 383 g/mol. The quantitative estimate of drug-likeness (QED) is 0.789. The van der Waals surface area contributed by atoms with E-state index in [9.17, 15) is 18.0 Å². The lowest BCUT2D eigenvalue weighted by Gasteiger charge is -2.32. The van der Waals surface area contributed by atoms with E-state index in [1.54, 1.807) is 4.90 Å². The highest BCUT2D eigenvalue weighted by Gasteiger charge is 2.33. The summed E-state index contributed by atoms with van der Waals surface area (Å²) in [6, 6.07) is 2.91. The van der Waals surface area contributed by atoms with Crippen molar-refractivity contribution in [3.8, 4) is 0 Å². The Morgan fingerprint density at radius 1 is 1.42 bits per heavy atom. The third kappa shape index (κ3) is 6.14. The molecule has 0 bridgehead atoms. The van der Waals surface area contributed by atoms with Crippen LogP contribution in [0.2, 0.25) is 0 Å². The van der Waals surface area contributed by atoms with Gasteiger partial charge in [-0.15, -0.1) is 12.4 Å². The summed E-state index contributed by atoms with van der Waals surface area (Å²) in [5.41, 5.74) is -4.42. The highest BCUT2D eigenvalue weighted by molar-refractivity contribution is 8.00. The molecule has 0 saturated carbocycles. The van der Waals surface area contributed by atoms with Crippen molar-refractivity contribution in [3.63, 3.8) is 0 Å². The fourth-order valence-electron chi connectivity index (χ4n) is 2.69. The molecular formula is C15H21ClF3N3OS. The number of likely N-dealkylation sites (tertiary alicyclic amines) is 1. The van der Waals surface area contributed by atoms with Crippen LogP contribution in [0, 0.1) is 5.92 Å². The van der Waals surface area contributed by atoms with Crippen molar-refractivity contribution < 1.29 is 18.0 Å². The Morgan fingerprint density at radius 2 is 2.08 bits per heavy atom. The van der Waals surface area contributed by atoms with Crippen molar-refractivity contribution in [2.45, 2.75) is 29.8 Å². The van der Waals surface area contributed by atoms with Crippen LogP contribution in [0.4, 0.5) is 13.2 Å². The summed E-state index contributed by atoms with van der Waals surface area (Å²) < 4.78 is 37.8. The first-order valence-electron chi connectivity index (χ1n) is 7.55. The molecule has 1 amide bonds. The summed E-state index contributed by atoms with van der Waals surface area (Å²) in [4.78, 5) is 17.9. The smallest absolute Gasteiger partial charge is 0.339 e. The van der Waals surface area contributed by atoms with Gasteiger partial charge < -0.3 is 10.2 Å². The molecule has 2 heterocycles. The number of rotatable bonds is 5. The van der Waals surface area contributed by atoms with Crippen LogP contribution in [0.5, 0.6) is 0 Å². The Balaban J connectivity index is 0.00000288. The topological polar surface area (TPSA) is 45.2 Å². The van der Waals surface area contributed by atoms with Crippen LogP contribution < -0.4 is 5.32 Å². The minimum absolute atomic E-state index is 0. The molecule has 2 rings (SSSR count). The van der Waals surface area contributed by atoms with Crippen LogP contribution in [-0.2, 0) is 0 Å². The van der Waals surface area contributed by atoms with Crippen LogP contribution in [0.1, 0.15) is 29.6 Å². The standard InChI is InChI=1S/C15H20F3N3OS.ClH/c1-19-8-4-11-5-9-21(10-6-11)14(22)12-3-2-7-20-13(12)23-15(16,17)18;/h2-3,7,11,19H,4-6,8-10H2,1H3;1H. The number of nitrogens with zero attached hydrogens (tertiary/aromatic N) is 2. The number of carbonyl (C=O) groups excluding carboxylic acids is 1. The van der Waals surface area contributed by atoms with E-state index in [1.165, 1.54) is 18.3 Å². The van der Waals surface area contributed by atoms with Crippen LogP contribution >= 0.6 is 24.2 Å². The number of halogens is 4. The van der Waals surface area contributed by atoms with Gasteiger partial charge in [-0.25, -0.2) is 4.98 Å². The Hall–Kier alpha value is -0.990. The summed E-state index contributed by atoms with van der Waals surface area (Å²) in [7, 11) is 1.90. The van der Waals surface area contributed by atoms with E-state index in [0.717, 1.165) is 25.8 Å². The Bertz CT molecular complexity index is 537. The Labute approximate surface area is 150 Å². The average molecular weight is 384 g/mol. The maximum atomic E-state index is 12.6. The van der Waals surface area contributed by atoms with Crippen LogP contribution in [0.25, 0.3) is 0 Å². The molecule has 1 aromatic rings. The van der Waals surface area contributed by atoms with Crippen LogP contribution in [0.3, 0.4) is 0 Å². The van der Waals surface area contributed by atoms with Crippen molar-refractivity contribution in [2.75, 3.05) is 26.7 Å². The lowest BCUT2D eigenvalue weighted by molar-refractivity contribution is -0.0329. The molecule has 0 radical (unpaired) electrons. The predicted octanol–water partition coefficient (Wildman–Crippen LogP) is 3.58. The minimum atomic E-state index is -4.45. The zero-order valence-corrected chi connectivity index (χ0v) is 14.9. The van der Waals surface area contributed by atoms with Gasteiger partial charge in [0.05, 0.1) is 5.56 Å². The first-order valence-corrected chi connectivity index (χ1v) is 8.37. The SMILES string of the molecule is CNCCC1CCN(C(=O)c2cccnc2SC(F)(F)F)CC1.Cl. The normalized spacial score (nSPS) is 15.9. The van der Waals surface area contributed by atoms with Gasteiger partial charge in [-0.1, -0.05) is 0 Å². The van der Waals surface area contributed by atoms with E-state index in [1.807, 2.05) is 7.05 Å². The number of nitrogens with one attached hydrogen (secondary N) is 1. The van der Waals surface area contributed by atoms with Gasteiger partial charge >= 0.3 is 5.51 Å². The molecule has 24 heavy (non-hydrogen) atoms. The molecule has 1 fully saturated rings. The molecule has 4 nitrogen and oxygen atoms in total. The molecule has 0 aliphatic carbocycles. The van der Waals surface area contributed by atoms with Gasteiger partial charge in [0.25, 0.3) is 5.91 Å². The van der Waals surface area contributed by atoms with Gasteiger partial charge in [-0.3, -0.25) is 4.79 Å². The lowest BCUT2D eigenvalue weighted by Crippen LogP contribution is -2.39. The second kappa shape index (κ2) is 9.48. The maximum Gasteiger partial charge on any atom is 0.447 e. The van der Waals surface area contributed by atoms with Crippen molar-refractivity contribution in [2.24, 2.45) is 5.92 Å². The maximum absolute atomic E-state index is 12.6. The highest BCUT2D eigenvalue weighted by atomic mass is 35.5. The second-order valence-corrected chi connectivity index (χ2v) is 6.59. The molecular weight excluding hydrogens is 363 g/mol. The van der Waals surface area contributed by atoms with E-state index in [0.29, 0.717) is 19.0 Å². The highest BCUT2D eigenvalue weighted by Crippen LogP contribution is 2.37. The summed E-state index contributed by atoms with van der Waals surface area (Å²) in [5, 5.41) is 2.83. The number of hydrogen-bond donors (Lipinski definition) is 1. The molecule has 0 unspecified atom stereocenters. The summed E-state index contributed by atoms with van der Waals surface area (Å²) in [6.07, 6.45) is 4.10. The van der Waals surface area contributed by atoms with Crippen molar-refractivity contribution in [1.82, 2.24) is 15.2 Å². The second-order valence-electron chi connectivity index (χ2n) is 5.53. The van der Waals surface area contributed by atoms with E-state index >= 15 is 0 Å². The van der Waals surface area contributed by atoms with E-state index in [2.05, 4.69) is 10.3 Å². The molecule has 1 aliphatic rings. The molecule has 0 aromatic carbocycles. The molecule has 1 aromatic heterocycles. The number of alkyl halides is 3. The number of carbonyl (C=O) groups is 1. The van der Waals surface area contributed by atoms with Crippen LogP contribution in [0.15, 0.2) is 23.4 Å². The van der Waals surface area contributed by atoms with Gasteiger partial charge in [-0.05, 0) is 50.9 Å². The fourth-order valence-corrected chi connectivity index (χ4v) is 3.29. The summed E-state index contributed by atoms with van der Waals surface area (Å²) >= 11 is -0.336. The molecule has 1 saturated heterocycles. The van der Waals surface area contributed by atoms with Crippen LogP contribution in [-0.4, -0.2) is 48.0 Å². The first-order chi connectivity index (χ1) is 10.9. The Kier molecular flexibility index (Phi) is 8.32. The number of pyridine rings is 1. The fraction of sp³-hybridized carbons (Fsp3) is 0.600. The average Bonchev–Trinajstić information content (AvgIpc) is 2.52. The van der Waals surface area contributed by atoms with E-state index in [4.69, 9.17) is 0 Å². The number of thioether (sulfide) groups is 1. The third-order valence-corrected chi connectivity index (χ3v) is 4.67. The number of amides is 1. The number of hydrogen-bond acceptors (Lipinski definition) is 4. The zero-order valence-electron chi connectivity index (χ0n) is 13.3. The summed E-state index contributed by atoms with van der Waals surface area (Å²) in [5.74, 6) is 0.196. The van der Waals surface area contributed by atoms with Gasteiger partial charge in [0, 0.05) is 31.0 Å². The van der Waals surface area contributed by atoms with Crippen molar-refractivity contribution in [3.05, 3.63) is 23.9 Å². The molecule has 0 spiro atoms. The molecule has 9 heteroatoms. The molecule has 1 N–H and O–H groups in total. The van der Waals surface area contributed by atoms with E-state index in [-0.39, 0.29) is 40.7 Å². The molecule has 1 aliphatic heterocycles. The Morgan fingerprint density at radius 3 is 2.67 bits per heavy atom. The van der Waals surface area contributed by atoms with Gasteiger partial charge in [0.2, 0.25) is 0 Å². The number of piperidine rings is 1. The largest absolute Gasteiger partial charge is 0.447 e. The number of aromatic nitrogens is 1. The zero-order chi connectivity index (χ0) is 16.9. The predicted molar refractivity (Wildman–Crippen MR) is 90.6 cm³/mol. The van der Waals surface area contributed by atoms with E-state index < -0.39 is 5.51 Å². The van der Waals surface area contributed by atoms with Gasteiger partial charge in [-0.2, -0.15) is 13.2 Å². The third-order valence-electron chi connectivity index (χ3n) is 3.92. The van der Waals surface area contributed by atoms with Gasteiger partial charge in [0.1, 0.15) is 5.03 Å². The van der Waals surface area contributed by atoms with Crippen molar-refractivity contribution >= 4 is 30.1 Å². The van der Waals surface area contributed by atoms with Crippen molar-refractivity contribution in [1.29, 1.82) is 0 Å². The summed E-state index contributed by atoms with van der Waals surface area (Å²) in [6.45, 7) is 2.10. The first kappa shape index (κ1) is 21.1.